The Hall–Kier alpha value is -1.60. The molecule has 0 radical (unpaired) electrons. The summed E-state index contributed by atoms with van der Waals surface area (Å²) >= 11 is 0. The Morgan fingerprint density at radius 3 is 2.42 bits per heavy atom. The van der Waals surface area contributed by atoms with Crippen LogP contribution in [0.25, 0.3) is 0 Å². The van der Waals surface area contributed by atoms with Gasteiger partial charge in [-0.3, -0.25) is 4.79 Å². The number of benzene rings is 1. The quantitative estimate of drug-likeness (QED) is 0.622. The summed E-state index contributed by atoms with van der Waals surface area (Å²) in [5.41, 5.74) is 0. The summed E-state index contributed by atoms with van der Waals surface area (Å²) < 4.78 is 36.5. The Balaban J connectivity index is 2.04. The van der Waals surface area contributed by atoms with Gasteiger partial charge in [-0.15, -0.1) is 0 Å². The van der Waals surface area contributed by atoms with E-state index in [0.29, 0.717) is 25.4 Å². The minimum Gasteiger partial charge on any atom is -0.490 e. The van der Waals surface area contributed by atoms with Gasteiger partial charge in [-0.1, -0.05) is 32.6 Å². The molecular weight excluding hydrogens is 356 g/mol. The van der Waals surface area contributed by atoms with Crippen LogP contribution in [0.4, 0.5) is 0 Å². The highest BCUT2D eigenvalue weighted by molar-refractivity contribution is 7.92. The lowest BCUT2D eigenvalue weighted by molar-refractivity contribution is -0.136. The topological polar surface area (TPSA) is 89.9 Å². The summed E-state index contributed by atoms with van der Waals surface area (Å²) in [5, 5.41) is 7.98. The molecular formula is C19H28O6S. The van der Waals surface area contributed by atoms with Crippen LogP contribution in [0.2, 0.25) is 0 Å². The summed E-state index contributed by atoms with van der Waals surface area (Å²) in [6.45, 7) is 3.38. The van der Waals surface area contributed by atoms with Crippen LogP contribution in [-0.4, -0.2) is 44.1 Å². The van der Waals surface area contributed by atoms with Gasteiger partial charge in [0.25, 0.3) is 0 Å². The largest absolute Gasteiger partial charge is 0.490 e. The smallest absolute Gasteiger partial charge is 0.322 e. The first-order valence-electron chi connectivity index (χ1n) is 9.26. The lowest BCUT2D eigenvalue weighted by atomic mass is 10.1. The van der Waals surface area contributed by atoms with Crippen molar-refractivity contribution in [3.05, 3.63) is 24.3 Å². The van der Waals surface area contributed by atoms with Crippen molar-refractivity contribution in [3.8, 4) is 5.75 Å². The lowest BCUT2D eigenvalue weighted by Gasteiger charge is -2.23. The molecule has 0 bridgehead atoms. The van der Waals surface area contributed by atoms with Gasteiger partial charge in [0.05, 0.1) is 18.1 Å². The fourth-order valence-corrected chi connectivity index (χ4v) is 4.61. The van der Waals surface area contributed by atoms with Crippen molar-refractivity contribution in [3.63, 3.8) is 0 Å². The molecule has 0 amide bonds. The molecule has 1 unspecified atom stereocenters. The van der Waals surface area contributed by atoms with E-state index in [2.05, 4.69) is 6.92 Å². The van der Waals surface area contributed by atoms with Gasteiger partial charge in [0, 0.05) is 12.8 Å². The van der Waals surface area contributed by atoms with Crippen LogP contribution in [0.15, 0.2) is 29.2 Å². The molecule has 1 atom stereocenters. The van der Waals surface area contributed by atoms with E-state index in [4.69, 9.17) is 9.47 Å². The van der Waals surface area contributed by atoms with Crippen LogP contribution in [0.1, 0.15) is 51.9 Å². The first kappa shape index (κ1) is 20.7. The second-order valence-corrected chi connectivity index (χ2v) is 8.75. The van der Waals surface area contributed by atoms with E-state index in [1.165, 1.54) is 12.1 Å². The summed E-state index contributed by atoms with van der Waals surface area (Å²) in [4.78, 5) is 11.5. The molecule has 0 spiro atoms. The maximum atomic E-state index is 12.7. The van der Waals surface area contributed by atoms with Crippen LogP contribution in [0, 0.1) is 0 Å². The molecule has 0 aromatic heterocycles. The first-order valence-corrected chi connectivity index (χ1v) is 10.8. The SMILES string of the molecule is CCCCCCC(C(=O)O)S(=O)(=O)c1ccc(OC2CCOCC2)cc1. The maximum Gasteiger partial charge on any atom is 0.322 e. The number of hydrogen-bond acceptors (Lipinski definition) is 5. The van der Waals surface area contributed by atoms with Crippen molar-refractivity contribution < 1.29 is 27.8 Å². The third-order valence-corrected chi connectivity index (χ3v) is 6.71. The highest BCUT2D eigenvalue weighted by Crippen LogP contribution is 2.25. The first-order chi connectivity index (χ1) is 12.4. The van der Waals surface area contributed by atoms with Gasteiger partial charge in [-0.25, -0.2) is 8.42 Å². The summed E-state index contributed by atoms with van der Waals surface area (Å²) in [5.74, 6) is -0.699. The number of ether oxygens (including phenoxy) is 2. The number of sulfone groups is 1. The minimum atomic E-state index is -3.91. The molecule has 0 saturated carbocycles. The molecule has 1 fully saturated rings. The Kier molecular flexibility index (Phi) is 7.90. The van der Waals surface area contributed by atoms with E-state index >= 15 is 0 Å². The van der Waals surface area contributed by atoms with Crippen molar-refractivity contribution >= 4 is 15.8 Å². The third-order valence-electron chi connectivity index (χ3n) is 4.59. The minimum absolute atomic E-state index is 0.0275. The number of unbranched alkanes of at least 4 members (excludes halogenated alkanes) is 3. The predicted octanol–water partition coefficient (Wildman–Crippen LogP) is 3.44. The van der Waals surface area contributed by atoms with Crippen LogP contribution < -0.4 is 4.74 Å². The average Bonchev–Trinajstić information content (AvgIpc) is 2.62. The average molecular weight is 384 g/mol. The van der Waals surface area contributed by atoms with Gasteiger partial charge in [0.2, 0.25) is 0 Å². The van der Waals surface area contributed by atoms with Crippen LogP contribution >= 0.6 is 0 Å². The third kappa shape index (κ3) is 5.71. The molecule has 1 aliphatic rings. The van der Waals surface area contributed by atoms with Crippen LogP contribution in [-0.2, 0) is 19.4 Å². The Morgan fingerprint density at radius 2 is 1.85 bits per heavy atom. The normalized spacial score (nSPS) is 17.0. The molecule has 26 heavy (non-hydrogen) atoms. The highest BCUT2D eigenvalue weighted by atomic mass is 32.2. The van der Waals surface area contributed by atoms with Crippen molar-refractivity contribution in [2.75, 3.05) is 13.2 Å². The van der Waals surface area contributed by atoms with Crippen molar-refractivity contribution in [2.45, 2.75) is 68.1 Å². The Morgan fingerprint density at radius 1 is 1.19 bits per heavy atom. The van der Waals surface area contributed by atoms with Crippen molar-refractivity contribution in [1.82, 2.24) is 0 Å². The van der Waals surface area contributed by atoms with E-state index < -0.39 is 21.1 Å². The van der Waals surface area contributed by atoms with Gasteiger partial charge in [-0.05, 0) is 30.7 Å². The second-order valence-electron chi connectivity index (χ2n) is 6.62. The van der Waals surface area contributed by atoms with E-state index in [9.17, 15) is 18.3 Å². The highest BCUT2D eigenvalue weighted by Gasteiger charge is 2.33. The number of carboxylic acids is 1. The number of carbonyl (C=O) groups is 1. The monoisotopic (exact) mass is 384 g/mol. The number of hydrogen-bond donors (Lipinski definition) is 1. The molecule has 1 aromatic carbocycles. The van der Waals surface area contributed by atoms with E-state index in [0.717, 1.165) is 32.1 Å². The van der Waals surface area contributed by atoms with Gasteiger partial charge in [0.1, 0.15) is 11.9 Å². The molecule has 7 heteroatoms. The van der Waals surface area contributed by atoms with Crippen molar-refractivity contribution in [2.24, 2.45) is 0 Å². The van der Waals surface area contributed by atoms with Gasteiger partial charge in [-0.2, -0.15) is 0 Å². The van der Waals surface area contributed by atoms with Crippen LogP contribution in [0.3, 0.4) is 0 Å². The Labute approximate surface area is 155 Å². The van der Waals surface area contributed by atoms with Gasteiger partial charge < -0.3 is 14.6 Å². The zero-order valence-electron chi connectivity index (χ0n) is 15.2. The Bertz CT molecular complexity index is 662. The summed E-state index contributed by atoms with van der Waals surface area (Å²) in [6, 6.07) is 6.06. The lowest BCUT2D eigenvalue weighted by Crippen LogP contribution is -2.30. The number of carboxylic acid groups (broad SMARTS) is 1. The van der Waals surface area contributed by atoms with E-state index in [-0.39, 0.29) is 17.4 Å². The zero-order valence-corrected chi connectivity index (χ0v) is 16.0. The molecule has 146 valence electrons. The van der Waals surface area contributed by atoms with Gasteiger partial charge in [0.15, 0.2) is 15.1 Å². The molecule has 6 nitrogen and oxygen atoms in total. The molecule has 0 aliphatic carbocycles. The predicted molar refractivity (Wildman–Crippen MR) is 98.3 cm³/mol. The fourth-order valence-electron chi connectivity index (χ4n) is 3.03. The van der Waals surface area contributed by atoms with Crippen molar-refractivity contribution in [1.29, 1.82) is 0 Å². The zero-order chi connectivity index (χ0) is 19.0. The second kappa shape index (κ2) is 9.92. The standard InChI is InChI=1S/C19H28O6S/c1-2-3-4-5-6-18(19(20)21)26(22,23)17-9-7-15(8-10-17)25-16-11-13-24-14-12-16/h7-10,16,18H,2-6,11-14H2,1H3,(H,20,21). The molecule has 1 N–H and O–H groups in total. The number of rotatable bonds is 10. The number of aliphatic carboxylic acids is 1. The molecule has 2 rings (SSSR count). The molecule has 1 saturated heterocycles. The molecule has 1 aromatic rings. The van der Waals surface area contributed by atoms with Gasteiger partial charge >= 0.3 is 5.97 Å². The summed E-state index contributed by atoms with van der Waals surface area (Å²) in [6.07, 6.45) is 5.24. The molecule has 1 aliphatic heterocycles. The van der Waals surface area contributed by atoms with Crippen LogP contribution in [0.5, 0.6) is 5.75 Å². The molecule has 1 heterocycles. The fraction of sp³-hybridized carbons (Fsp3) is 0.632. The van der Waals surface area contributed by atoms with E-state index in [1.807, 2.05) is 0 Å². The van der Waals surface area contributed by atoms with E-state index in [1.54, 1.807) is 12.1 Å². The summed E-state index contributed by atoms with van der Waals surface area (Å²) in [7, 11) is -3.91. The maximum absolute atomic E-state index is 12.7.